The second-order valence-electron chi connectivity index (χ2n) is 7.74. The fourth-order valence-corrected chi connectivity index (χ4v) is 4.50. The van der Waals surface area contributed by atoms with Crippen LogP contribution in [0.4, 0.5) is 0 Å². The molecule has 5 aromatic rings. The summed E-state index contributed by atoms with van der Waals surface area (Å²) < 4.78 is 9.39. The lowest BCUT2D eigenvalue weighted by molar-refractivity contribution is 0.573. The molecule has 0 unspecified atom stereocenters. The monoisotopic (exact) mass is 445 g/mol. The van der Waals surface area contributed by atoms with Gasteiger partial charge in [0.2, 0.25) is 11.7 Å². The molecule has 3 heterocycles. The van der Waals surface area contributed by atoms with Gasteiger partial charge in [-0.15, -0.1) is 10.2 Å². The van der Waals surface area contributed by atoms with E-state index in [4.69, 9.17) is 4.42 Å². The molecule has 0 saturated heterocycles. The second kappa shape index (κ2) is 8.63. The van der Waals surface area contributed by atoms with E-state index >= 15 is 0 Å². The van der Waals surface area contributed by atoms with Crippen LogP contribution in [0.15, 0.2) is 69.2 Å². The van der Waals surface area contributed by atoms with Crippen LogP contribution in [-0.4, -0.2) is 24.1 Å². The topological polar surface area (TPSA) is 78.2 Å². The Morgan fingerprint density at radius 3 is 2.69 bits per heavy atom. The fourth-order valence-electron chi connectivity index (χ4n) is 3.69. The van der Waals surface area contributed by atoms with E-state index in [-0.39, 0.29) is 5.56 Å². The van der Waals surface area contributed by atoms with Crippen LogP contribution in [0.5, 0.6) is 0 Å². The van der Waals surface area contributed by atoms with E-state index in [1.54, 1.807) is 10.8 Å². The number of fused-ring (bicyclic) bond motifs is 3. The Morgan fingerprint density at radius 1 is 1.06 bits per heavy atom. The third kappa shape index (κ3) is 3.71. The third-order valence-corrected chi connectivity index (χ3v) is 6.38. The number of aryl methyl sites for hydroxylation is 2. The van der Waals surface area contributed by atoms with Gasteiger partial charge in [-0.25, -0.2) is 4.98 Å². The molecule has 0 aliphatic carbocycles. The van der Waals surface area contributed by atoms with Crippen molar-refractivity contribution in [1.29, 1.82) is 0 Å². The largest absolute Gasteiger partial charge is 0.444 e. The number of thioether (sulfide) groups is 1. The number of aromatic nitrogens is 5. The van der Waals surface area contributed by atoms with Crippen LogP contribution in [0.1, 0.15) is 31.0 Å². The highest BCUT2D eigenvalue weighted by molar-refractivity contribution is 7.98. The normalized spacial score (nSPS) is 11.6. The van der Waals surface area contributed by atoms with E-state index in [0.29, 0.717) is 29.4 Å². The maximum Gasteiger partial charge on any atom is 0.262 e. The molecule has 32 heavy (non-hydrogen) atoms. The zero-order chi connectivity index (χ0) is 22.1. The maximum absolute atomic E-state index is 13.0. The standard InChI is InChI=1S/C24H23N5O2S/c1-3-4-13-28-22(30)19-7-5-6-8-20(19)29-23(28)26-27-24(29)32-15-18-14-31-21(25-18)17-11-9-16(2)10-12-17/h5-12,14H,3-4,13,15H2,1-2H3. The molecule has 0 spiro atoms. The van der Waals surface area contributed by atoms with Crippen LogP contribution >= 0.6 is 11.8 Å². The average molecular weight is 446 g/mol. The third-order valence-electron chi connectivity index (χ3n) is 5.41. The molecule has 7 nitrogen and oxygen atoms in total. The quantitative estimate of drug-likeness (QED) is 0.324. The van der Waals surface area contributed by atoms with Crippen LogP contribution in [0.25, 0.3) is 28.1 Å². The Bertz CT molecular complexity index is 1450. The number of para-hydroxylation sites is 1. The van der Waals surface area contributed by atoms with Crippen LogP contribution < -0.4 is 5.56 Å². The maximum atomic E-state index is 13.0. The molecule has 0 atom stereocenters. The lowest BCUT2D eigenvalue weighted by atomic mass is 10.1. The molecular formula is C24H23N5O2S. The molecule has 0 amide bonds. The highest BCUT2D eigenvalue weighted by Crippen LogP contribution is 2.26. The molecule has 0 aliphatic rings. The number of oxazole rings is 1. The number of rotatable bonds is 7. The summed E-state index contributed by atoms with van der Waals surface area (Å²) in [7, 11) is 0. The van der Waals surface area contributed by atoms with Crippen LogP contribution in [0.2, 0.25) is 0 Å². The van der Waals surface area contributed by atoms with E-state index in [9.17, 15) is 4.79 Å². The average Bonchev–Trinajstić information content (AvgIpc) is 3.46. The van der Waals surface area contributed by atoms with E-state index in [1.807, 2.05) is 52.9 Å². The van der Waals surface area contributed by atoms with Crippen molar-refractivity contribution in [1.82, 2.24) is 24.1 Å². The van der Waals surface area contributed by atoms with E-state index in [2.05, 4.69) is 29.0 Å². The lowest BCUT2D eigenvalue weighted by Crippen LogP contribution is -2.23. The van der Waals surface area contributed by atoms with Gasteiger partial charge in [-0.3, -0.25) is 13.8 Å². The number of hydrogen-bond donors (Lipinski definition) is 0. The molecule has 8 heteroatoms. The summed E-state index contributed by atoms with van der Waals surface area (Å²) in [5, 5.41) is 10.2. The zero-order valence-corrected chi connectivity index (χ0v) is 18.8. The van der Waals surface area contributed by atoms with Crippen molar-refractivity contribution in [2.45, 2.75) is 44.1 Å². The fraction of sp³-hybridized carbons (Fsp3) is 0.250. The van der Waals surface area contributed by atoms with Gasteiger partial charge in [0.25, 0.3) is 5.56 Å². The minimum atomic E-state index is -0.0234. The molecule has 3 aromatic heterocycles. The van der Waals surface area contributed by atoms with Gasteiger partial charge < -0.3 is 4.42 Å². The molecule has 0 bridgehead atoms. The van der Waals surface area contributed by atoms with Crippen molar-refractivity contribution in [2.24, 2.45) is 0 Å². The van der Waals surface area contributed by atoms with Gasteiger partial charge in [0, 0.05) is 17.9 Å². The minimum Gasteiger partial charge on any atom is -0.444 e. The number of nitrogens with zero attached hydrogens (tertiary/aromatic N) is 5. The van der Waals surface area contributed by atoms with E-state index < -0.39 is 0 Å². The van der Waals surface area contributed by atoms with Crippen molar-refractivity contribution in [2.75, 3.05) is 0 Å². The molecule has 0 saturated carbocycles. The van der Waals surface area contributed by atoms with Crippen molar-refractivity contribution in [3.63, 3.8) is 0 Å². The van der Waals surface area contributed by atoms with Gasteiger partial charge in [-0.1, -0.05) is 54.9 Å². The smallest absolute Gasteiger partial charge is 0.262 e. The Kier molecular flexibility index (Phi) is 5.53. The number of benzene rings is 2. The first-order valence-electron chi connectivity index (χ1n) is 10.7. The Balaban J connectivity index is 1.48. The highest BCUT2D eigenvalue weighted by Gasteiger charge is 2.17. The van der Waals surface area contributed by atoms with Gasteiger partial charge in [0.05, 0.1) is 16.6 Å². The highest BCUT2D eigenvalue weighted by atomic mass is 32.2. The van der Waals surface area contributed by atoms with Gasteiger partial charge in [-0.2, -0.15) is 0 Å². The molecule has 0 radical (unpaired) electrons. The van der Waals surface area contributed by atoms with Crippen molar-refractivity contribution in [3.05, 3.63) is 76.4 Å². The number of unbranched alkanes of at least 4 members (excludes halogenated alkanes) is 1. The Hall–Kier alpha value is -3.39. The van der Waals surface area contributed by atoms with Crippen molar-refractivity contribution < 1.29 is 4.42 Å². The summed E-state index contributed by atoms with van der Waals surface area (Å²) in [5.74, 6) is 1.76. The first kappa shape index (κ1) is 20.5. The summed E-state index contributed by atoms with van der Waals surface area (Å²) in [4.78, 5) is 17.7. The van der Waals surface area contributed by atoms with Crippen LogP contribution in [0.3, 0.4) is 0 Å². The van der Waals surface area contributed by atoms with Crippen molar-refractivity contribution in [3.8, 4) is 11.5 Å². The molecule has 0 N–H and O–H groups in total. The zero-order valence-electron chi connectivity index (χ0n) is 18.0. The predicted octanol–water partition coefficient (Wildman–Crippen LogP) is 5.10. The SMILES string of the molecule is CCCCn1c(=O)c2ccccc2n2c(SCc3coc(-c4ccc(C)cc4)n3)nnc12. The summed E-state index contributed by atoms with van der Waals surface area (Å²) in [6.45, 7) is 4.78. The van der Waals surface area contributed by atoms with Gasteiger partial charge in [0.15, 0.2) is 5.16 Å². The second-order valence-corrected chi connectivity index (χ2v) is 8.69. The first-order valence-corrected chi connectivity index (χ1v) is 11.6. The summed E-state index contributed by atoms with van der Waals surface area (Å²) in [5.41, 5.74) is 3.76. The van der Waals surface area contributed by atoms with Crippen LogP contribution in [0, 0.1) is 6.92 Å². The van der Waals surface area contributed by atoms with E-state index in [1.165, 1.54) is 17.3 Å². The lowest BCUT2D eigenvalue weighted by Gasteiger charge is -2.10. The Morgan fingerprint density at radius 2 is 1.88 bits per heavy atom. The summed E-state index contributed by atoms with van der Waals surface area (Å²) in [6, 6.07) is 15.7. The minimum absolute atomic E-state index is 0.0234. The van der Waals surface area contributed by atoms with Gasteiger partial charge in [-0.05, 0) is 37.6 Å². The molecular weight excluding hydrogens is 422 g/mol. The van der Waals surface area contributed by atoms with Gasteiger partial charge >= 0.3 is 0 Å². The summed E-state index contributed by atoms with van der Waals surface area (Å²) >= 11 is 1.53. The molecule has 5 rings (SSSR count). The first-order chi connectivity index (χ1) is 15.7. The predicted molar refractivity (Wildman–Crippen MR) is 126 cm³/mol. The molecule has 162 valence electrons. The van der Waals surface area contributed by atoms with Crippen LogP contribution in [-0.2, 0) is 12.3 Å². The molecule has 0 aliphatic heterocycles. The molecule has 2 aromatic carbocycles. The van der Waals surface area contributed by atoms with Gasteiger partial charge in [0.1, 0.15) is 6.26 Å². The Labute approximate surface area is 189 Å². The molecule has 0 fully saturated rings. The van der Waals surface area contributed by atoms with Crippen molar-refractivity contribution >= 4 is 28.4 Å². The van der Waals surface area contributed by atoms with E-state index in [0.717, 1.165) is 34.8 Å². The summed E-state index contributed by atoms with van der Waals surface area (Å²) in [6.07, 6.45) is 3.58. The number of hydrogen-bond acceptors (Lipinski definition) is 6.